The van der Waals surface area contributed by atoms with Gasteiger partial charge in [0, 0.05) is 54.1 Å². The molecule has 0 spiro atoms. The molecule has 2 aromatic rings. The summed E-state index contributed by atoms with van der Waals surface area (Å²) in [6.07, 6.45) is -2.13. The molecule has 15 heteroatoms. The number of benzene rings is 2. The van der Waals surface area contributed by atoms with Crippen LogP contribution in [0.25, 0.3) is 0 Å². The smallest absolute Gasteiger partial charge is 0.331 e. The standard InChI is InChI=1S/C35H37NO14/c1-16-30(41)19(36-10-3-4-11-36)12-25(49-16)50-21-14-35(46,22(37)15-48-24(40)9-8-23(38)39)13-18-27(21)34(45)29-28(32(18)43)31(42)17-6-5-7-20(47-2)26(17)33(29)44/h5-9,16,19,21,25,30,41,43,45-46H,3-4,10-15H2,1-2H3,(H,38,39)/b9-8+/t16-,19-,21-,25-,30+,35-/m0/s1. The molecular formula is C35H37NO14. The molecule has 6 atom stereocenters. The highest BCUT2D eigenvalue weighted by Gasteiger charge is 2.51. The molecule has 2 heterocycles. The number of phenols is 2. The topological polar surface area (TPSA) is 227 Å². The second kappa shape index (κ2) is 13.6. The molecule has 0 saturated carbocycles. The van der Waals surface area contributed by atoms with Gasteiger partial charge in [-0.2, -0.15) is 0 Å². The number of likely N-dealkylation sites (tertiary alicyclic amines) is 1. The second-order valence-corrected chi connectivity index (χ2v) is 12.9. The van der Waals surface area contributed by atoms with Crippen molar-refractivity contribution in [2.75, 3.05) is 26.8 Å². The zero-order valence-electron chi connectivity index (χ0n) is 27.3. The number of Topliss-reactive ketones (excluding diaryl/α,β-unsaturated/α-hetero) is 1. The Hall–Kier alpha value is -4.67. The number of hydrogen-bond donors (Lipinski definition) is 5. The van der Waals surface area contributed by atoms with Gasteiger partial charge in [0.15, 0.2) is 18.7 Å². The number of ketones is 3. The number of nitrogens with zero attached hydrogens (tertiary/aromatic N) is 1. The molecular weight excluding hydrogens is 658 g/mol. The maximum atomic E-state index is 13.9. The van der Waals surface area contributed by atoms with Crippen LogP contribution in [0.2, 0.25) is 0 Å². The predicted octanol–water partition coefficient (Wildman–Crippen LogP) is 1.33. The molecule has 0 unspecified atom stereocenters. The van der Waals surface area contributed by atoms with E-state index in [0.29, 0.717) is 12.2 Å². The van der Waals surface area contributed by atoms with Crippen molar-refractivity contribution in [3.05, 3.63) is 63.7 Å². The molecule has 4 aliphatic rings. The van der Waals surface area contributed by atoms with Crippen LogP contribution in [0.5, 0.6) is 17.2 Å². The zero-order chi connectivity index (χ0) is 36.1. The Morgan fingerprint density at radius 2 is 1.74 bits per heavy atom. The molecule has 0 bridgehead atoms. The molecule has 2 aliphatic heterocycles. The number of rotatable bonds is 9. The Bertz CT molecular complexity index is 1790. The fraction of sp³-hybridized carbons (Fsp3) is 0.457. The molecule has 0 aromatic heterocycles. The maximum absolute atomic E-state index is 13.9. The normalized spacial score (nSPS) is 27.8. The van der Waals surface area contributed by atoms with E-state index in [1.54, 1.807) is 6.92 Å². The Labute approximate surface area is 285 Å². The number of phenolic OH excluding ortho intramolecular Hbond substituents is 2. The Kier molecular flexibility index (Phi) is 9.54. The quantitative estimate of drug-likeness (QED) is 0.121. The predicted molar refractivity (Wildman–Crippen MR) is 169 cm³/mol. The lowest BCUT2D eigenvalue weighted by Gasteiger charge is -2.44. The largest absolute Gasteiger partial charge is 0.507 e. The fourth-order valence-electron chi connectivity index (χ4n) is 7.44. The molecule has 0 amide bonds. The highest BCUT2D eigenvalue weighted by molar-refractivity contribution is 6.31. The number of carbonyl (C=O) groups excluding carboxylic acids is 4. The molecule has 15 nitrogen and oxygen atoms in total. The minimum Gasteiger partial charge on any atom is -0.507 e. The minimum atomic E-state index is -2.41. The van der Waals surface area contributed by atoms with Gasteiger partial charge in [-0.15, -0.1) is 0 Å². The van der Waals surface area contributed by atoms with E-state index in [0.717, 1.165) is 25.9 Å². The van der Waals surface area contributed by atoms with Crippen LogP contribution < -0.4 is 4.74 Å². The number of aromatic hydroxyl groups is 2. The van der Waals surface area contributed by atoms with Gasteiger partial charge >= 0.3 is 11.9 Å². The Balaban J connectivity index is 1.41. The number of carboxylic acids is 1. The lowest BCUT2D eigenvalue weighted by Crippen LogP contribution is -2.55. The van der Waals surface area contributed by atoms with Crippen LogP contribution in [-0.2, 0) is 35.0 Å². The van der Waals surface area contributed by atoms with Crippen LogP contribution >= 0.6 is 0 Å². The molecule has 5 N–H and O–H groups in total. The third kappa shape index (κ3) is 6.15. The molecule has 2 aliphatic carbocycles. The number of ether oxygens (including phenoxy) is 4. The second-order valence-electron chi connectivity index (χ2n) is 12.9. The van der Waals surface area contributed by atoms with Crippen molar-refractivity contribution < 1.29 is 68.5 Å². The van der Waals surface area contributed by atoms with Crippen molar-refractivity contribution in [2.45, 2.75) is 75.3 Å². The number of esters is 1. The Morgan fingerprint density at radius 3 is 2.42 bits per heavy atom. The van der Waals surface area contributed by atoms with E-state index in [4.69, 9.17) is 24.1 Å². The number of fused-ring (bicyclic) bond motifs is 3. The minimum absolute atomic E-state index is 0.0692. The summed E-state index contributed by atoms with van der Waals surface area (Å²) in [5, 5.41) is 55.0. The van der Waals surface area contributed by atoms with Crippen LogP contribution in [-0.4, -0.2) is 117 Å². The van der Waals surface area contributed by atoms with E-state index in [1.165, 1.54) is 25.3 Å². The van der Waals surface area contributed by atoms with E-state index in [1.807, 2.05) is 0 Å². The maximum Gasteiger partial charge on any atom is 0.331 e. The van der Waals surface area contributed by atoms with Crippen molar-refractivity contribution in [3.8, 4) is 17.2 Å². The van der Waals surface area contributed by atoms with Crippen LogP contribution in [0.3, 0.4) is 0 Å². The number of aliphatic hydroxyl groups is 2. The first kappa shape index (κ1) is 35.2. The average molecular weight is 696 g/mol. The summed E-state index contributed by atoms with van der Waals surface area (Å²) in [7, 11) is 1.31. The summed E-state index contributed by atoms with van der Waals surface area (Å²) in [5.74, 6) is -6.66. The molecule has 2 fully saturated rings. The first-order chi connectivity index (χ1) is 23.7. The summed E-state index contributed by atoms with van der Waals surface area (Å²) in [4.78, 5) is 66.1. The van der Waals surface area contributed by atoms with Gasteiger partial charge < -0.3 is 44.5 Å². The van der Waals surface area contributed by atoms with Gasteiger partial charge in [0.2, 0.25) is 11.6 Å². The molecule has 6 rings (SSSR count). The molecule has 50 heavy (non-hydrogen) atoms. The van der Waals surface area contributed by atoms with Gasteiger partial charge in [0.1, 0.15) is 22.8 Å². The van der Waals surface area contributed by atoms with Crippen LogP contribution in [0, 0.1) is 0 Å². The molecule has 0 radical (unpaired) electrons. The van der Waals surface area contributed by atoms with Gasteiger partial charge in [-0.25, -0.2) is 9.59 Å². The van der Waals surface area contributed by atoms with Gasteiger partial charge in [-0.1, -0.05) is 12.1 Å². The third-order valence-electron chi connectivity index (χ3n) is 9.90. The third-order valence-corrected chi connectivity index (χ3v) is 9.90. The van der Waals surface area contributed by atoms with E-state index in [9.17, 15) is 44.4 Å². The molecule has 2 aromatic carbocycles. The van der Waals surface area contributed by atoms with Gasteiger partial charge in [0.05, 0.1) is 42.1 Å². The van der Waals surface area contributed by atoms with Crippen molar-refractivity contribution in [3.63, 3.8) is 0 Å². The molecule has 266 valence electrons. The number of aliphatic carboxylic acids is 1. The highest BCUT2D eigenvalue weighted by atomic mass is 16.7. The van der Waals surface area contributed by atoms with E-state index < -0.39 is 102 Å². The van der Waals surface area contributed by atoms with Crippen LogP contribution in [0.1, 0.15) is 81.7 Å². The zero-order valence-corrected chi connectivity index (χ0v) is 27.3. The Morgan fingerprint density at radius 1 is 1.04 bits per heavy atom. The summed E-state index contributed by atoms with van der Waals surface area (Å²) in [5.41, 5.74) is -4.07. The van der Waals surface area contributed by atoms with Crippen molar-refractivity contribution in [2.24, 2.45) is 0 Å². The fourth-order valence-corrected chi connectivity index (χ4v) is 7.44. The van der Waals surface area contributed by atoms with Gasteiger partial charge in [-0.05, 0) is 38.9 Å². The monoisotopic (exact) mass is 695 g/mol. The van der Waals surface area contributed by atoms with Crippen LogP contribution in [0.15, 0.2) is 30.4 Å². The highest BCUT2D eigenvalue weighted by Crippen LogP contribution is 2.52. The lowest BCUT2D eigenvalue weighted by molar-refractivity contribution is -0.257. The van der Waals surface area contributed by atoms with Gasteiger partial charge in [0.25, 0.3) is 0 Å². The number of carboxylic acid groups (broad SMARTS) is 1. The summed E-state index contributed by atoms with van der Waals surface area (Å²) in [6.45, 7) is 2.18. The van der Waals surface area contributed by atoms with Crippen molar-refractivity contribution in [1.29, 1.82) is 0 Å². The van der Waals surface area contributed by atoms with Gasteiger partial charge in [-0.3, -0.25) is 19.3 Å². The lowest BCUT2D eigenvalue weighted by atomic mass is 9.72. The first-order valence-corrected chi connectivity index (χ1v) is 16.2. The molecule has 2 saturated heterocycles. The van der Waals surface area contributed by atoms with E-state index in [-0.39, 0.29) is 40.5 Å². The van der Waals surface area contributed by atoms with Crippen LogP contribution in [0.4, 0.5) is 0 Å². The summed E-state index contributed by atoms with van der Waals surface area (Å²) < 4.78 is 22.5. The SMILES string of the molecule is COc1cccc2c1C(=O)c1c(O)c3c(c(O)c1C2=O)C[C@@](O)(C(=O)COC(=O)/C=C/C(=O)O)C[C@@H]3O[C@H]1C[C@H](N2CCCC2)[C@H](O)[C@H](C)O1. The summed E-state index contributed by atoms with van der Waals surface area (Å²) >= 11 is 0. The van der Waals surface area contributed by atoms with Crippen molar-refractivity contribution >= 4 is 29.3 Å². The van der Waals surface area contributed by atoms with E-state index >= 15 is 0 Å². The number of carbonyl (C=O) groups is 5. The summed E-state index contributed by atoms with van der Waals surface area (Å²) in [6, 6.07) is 3.96. The van der Waals surface area contributed by atoms with Crippen molar-refractivity contribution in [1.82, 2.24) is 4.90 Å². The first-order valence-electron chi connectivity index (χ1n) is 16.2. The number of hydrogen-bond acceptors (Lipinski definition) is 14. The number of methoxy groups -OCH3 is 1. The average Bonchev–Trinajstić information content (AvgIpc) is 3.62. The number of aliphatic hydroxyl groups excluding tert-OH is 1. The van der Waals surface area contributed by atoms with E-state index in [2.05, 4.69) is 4.90 Å².